The molecule has 0 atom stereocenters. The molecule has 0 unspecified atom stereocenters. The molecule has 0 aliphatic rings. The molecule has 3 rings (SSSR count). The zero-order valence-electron chi connectivity index (χ0n) is 19.0. The summed E-state index contributed by atoms with van der Waals surface area (Å²) in [6, 6.07) is 6.05. The smallest absolute Gasteiger partial charge is 0.254 e. The van der Waals surface area contributed by atoms with Gasteiger partial charge in [0.1, 0.15) is 0 Å². The van der Waals surface area contributed by atoms with Crippen molar-refractivity contribution in [2.24, 2.45) is 0 Å². The summed E-state index contributed by atoms with van der Waals surface area (Å²) in [5.41, 5.74) is 2.23. The lowest BCUT2D eigenvalue weighted by atomic mass is 10.1. The van der Waals surface area contributed by atoms with E-state index in [0.29, 0.717) is 38.3 Å². The Morgan fingerprint density at radius 3 is 2.69 bits per heavy atom. The second kappa shape index (κ2) is 12.2. The Labute approximate surface area is 197 Å². The van der Waals surface area contributed by atoms with Gasteiger partial charge in [-0.3, -0.25) is 9.78 Å². The van der Waals surface area contributed by atoms with Crippen molar-refractivity contribution < 1.29 is 14.3 Å². The van der Waals surface area contributed by atoms with Crippen LogP contribution >= 0.6 is 23.1 Å². The SMILES string of the molecule is CCOC(CN(C)c1c(C(=O)NCCc2nccs2)cnc2c(SC)cccc12)OCC. The van der Waals surface area contributed by atoms with Gasteiger partial charge in [-0.25, -0.2) is 4.98 Å². The Kier molecular flexibility index (Phi) is 9.28. The Morgan fingerprint density at radius 1 is 1.25 bits per heavy atom. The maximum atomic E-state index is 13.2. The summed E-state index contributed by atoms with van der Waals surface area (Å²) < 4.78 is 11.5. The molecule has 1 amide bonds. The van der Waals surface area contributed by atoms with Gasteiger partial charge in [-0.2, -0.15) is 0 Å². The quantitative estimate of drug-likeness (QED) is 0.311. The summed E-state index contributed by atoms with van der Waals surface area (Å²) in [6.07, 6.45) is 5.78. The number of rotatable bonds is 12. The number of anilines is 1. The molecule has 0 fully saturated rings. The minimum atomic E-state index is -0.386. The first-order chi connectivity index (χ1) is 15.6. The number of pyridine rings is 1. The number of aromatic nitrogens is 2. The van der Waals surface area contributed by atoms with Gasteiger partial charge in [0.25, 0.3) is 5.91 Å². The molecular weight excluding hydrogens is 444 g/mol. The highest BCUT2D eigenvalue weighted by Gasteiger charge is 2.22. The van der Waals surface area contributed by atoms with E-state index in [0.717, 1.165) is 26.5 Å². The number of hydrogen-bond donors (Lipinski definition) is 1. The number of carbonyl (C=O) groups is 1. The number of benzene rings is 1. The molecular formula is C23H30N4O3S2. The van der Waals surface area contributed by atoms with Crippen molar-refractivity contribution in [3.8, 4) is 0 Å². The van der Waals surface area contributed by atoms with Crippen molar-refractivity contribution in [3.63, 3.8) is 0 Å². The van der Waals surface area contributed by atoms with E-state index < -0.39 is 0 Å². The van der Waals surface area contributed by atoms with Gasteiger partial charge in [-0.1, -0.05) is 12.1 Å². The predicted octanol–water partition coefficient (Wildman–Crippen LogP) is 4.22. The molecule has 0 saturated heterocycles. The fourth-order valence-corrected chi connectivity index (χ4v) is 4.71. The summed E-state index contributed by atoms with van der Waals surface area (Å²) >= 11 is 3.23. The van der Waals surface area contributed by atoms with Crippen molar-refractivity contribution in [2.45, 2.75) is 31.5 Å². The van der Waals surface area contributed by atoms with Crippen LogP contribution in [0.1, 0.15) is 29.2 Å². The fraction of sp³-hybridized carbons (Fsp3) is 0.435. The minimum Gasteiger partial charge on any atom is -0.368 e. The average molecular weight is 475 g/mol. The largest absolute Gasteiger partial charge is 0.368 e. The van der Waals surface area contributed by atoms with E-state index in [-0.39, 0.29) is 12.2 Å². The summed E-state index contributed by atoms with van der Waals surface area (Å²) in [5.74, 6) is -0.156. The monoisotopic (exact) mass is 474 g/mol. The number of nitrogens with one attached hydrogen (secondary N) is 1. The molecule has 0 radical (unpaired) electrons. The van der Waals surface area contributed by atoms with Gasteiger partial charge in [0.2, 0.25) is 0 Å². The number of para-hydroxylation sites is 1. The van der Waals surface area contributed by atoms with Crippen LogP contribution in [0.2, 0.25) is 0 Å². The van der Waals surface area contributed by atoms with Crippen LogP contribution in [0.5, 0.6) is 0 Å². The molecule has 7 nitrogen and oxygen atoms in total. The number of carbonyl (C=O) groups excluding carboxylic acids is 1. The third-order valence-electron chi connectivity index (χ3n) is 4.91. The Balaban J connectivity index is 1.93. The van der Waals surface area contributed by atoms with E-state index in [1.165, 1.54) is 0 Å². The third kappa shape index (κ3) is 5.98. The van der Waals surface area contributed by atoms with Crippen molar-refractivity contribution >= 4 is 45.6 Å². The van der Waals surface area contributed by atoms with Crippen molar-refractivity contribution in [1.82, 2.24) is 15.3 Å². The second-order valence-electron chi connectivity index (χ2n) is 7.03. The van der Waals surface area contributed by atoms with Crippen LogP contribution in [0.4, 0.5) is 5.69 Å². The third-order valence-corrected chi connectivity index (χ3v) is 6.52. The molecule has 0 aliphatic heterocycles. The van der Waals surface area contributed by atoms with E-state index in [2.05, 4.69) is 15.3 Å². The van der Waals surface area contributed by atoms with E-state index in [1.54, 1.807) is 35.5 Å². The summed E-state index contributed by atoms with van der Waals surface area (Å²) in [4.78, 5) is 25.2. The van der Waals surface area contributed by atoms with Crippen LogP contribution in [0, 0.1) is 0 Å². The van der Waals surface area contributed by atoms with Gasteiger partial charge in [0.05, 0.1) is 28.3 Å². The fourth-order valence-electron chi connectivity index (χ4n) is 3.52. The minimum absolute atomic E-state index is 0.156. The van der Waals surface area contributed by atoms with E-state index in [4.69, 9.17) is 9.47 Å². The molecule has 0 saturated carbocycles. The second-order valence-corrected chi connectivity index (χ2v) is 8.86. The van der Waals surface area contributed by atoms with Gasteiger partial charge < -0.3 is 19.7 Å². The number of fused-ring (bicyclic) bond motifs is 1. The van der Waals surface area contributed by atoms with Gasteiger partial charge in [-0.05, 0) is 26.2 Å². The van der Waals surface area contributed by atoms with Crippen LogP contribution in [0.15, 0.2) is 40.9 Å². The Bertz CT molecular complexity index is 1010. The highest BCUT2D eigenvalue weighted by atomic mass is 32.2. The van der Waals surface area contributed by atoms with Crippen LogP contribution < -0.4 is 10.2 Å². The molecule has 0 bridgehead atoms. The molecule has 32 heavy (non-hydrogen) atoms. The van der Waals surface area contributed by atoms with Gasteiger partial charge in [-0.15, -0.1) is 23.1 Å². The lowest BCUT2D eigenvalue weighted by molar-refractivity contribution is -0.129. The molecule has 2 heterocycles. The number of thioether (sulfide) groups is 1. The number of amides is 1. The first-order valence-electron chi connectivity index (χ1n) is 10.7. The summed E-state index contributed by atoms with van der Waals surface area (Å²) in [7, 11) is 1.96. The molecule has 1 aromatic carbocycles. The molecule has 0 aliphatic carbocycles. The molecule has 172 valence electrons. The highest BCUT2D eigenvalue weighted by Crippen LogP contribution is 2.34. The summed E-state index contributed by atoms with van der Waals surface area (Å²) in [5, 5.41) is 6.89. The van der Waals surface area contributed by atoms with E-state index >= 15 is 0 Å². The first kappa shape index (κ1) is 24.4. The van der Waals surface area contributed by atoms with E-state index in [9.17, 15) is 4.79 Å². The molecule has 0 spiro atoms. The topological polar surface area (TPSA) is 76.6 Å². The number of nitrogens with zero attached hydrogens (tertiary/aromatic N) is 3. The molecule has 9 heteroatoms. The molecule has 2 aromatic heterocycles. The predicted molar refractivity (Wildman–Crippen MR) is 132 cm³/mol. The highest BCUT2D eigenvalue weighted by molar-refractivity contribution is 7.98. The molecule has 3 aromatic rings. The maximum absolute atomic E-state index is 13.2. The summed E-state index contributed by atoms with van der Waals surface area (Å²) in [6.45, 7) is 6.00. The standard InChI is InChI=1S/C23H30N4O3S2/c1-5-29-20(30-6-2)15-27(3)22-16-8-7-9-18(31-4)21(16)26-14-17(22)23(28)25-11-10-19-24-12-13-32-19/h7-9,12-14,20H,5-6,10-11,15H2,1-4H3,(H,25,28). The van der Waals surface area contributed by atoms with Crippen LogP contribution in [0.3, 0.4) is 0 Å². The number of hydrogen-bond acceptors (Lipinski definition) is 8. The van der Waals surface area contributed by atoms with Crippen LogP contribution in [-0.2, 0) is 15.9 Å². The van der Waals surface area contributed by atoms with Crippen LogP contribution in [-0.4, -0.2) is 61.8 Å². The van der Waals surface area contributed by atoms with E-state index in [1.807, 2.05) is 55.6 Å². The molecule has 1 N–H and O–H groups in total. The van der Waals surface area contributed by atoms with Crippen molar-refractivity contribution in [3.05, 3.63) is 46.5 Å². The number of likely N-dealkylation sites (N-methyl/N-ethyl adjacent to an activating group) is 1. The zero-order valence-corrected chi connectivity index (χ0v) is 20.6. The number of ether oxygens (including phenoxy) is 2. The first-order valence-corrected chi connectivity index (χ1v) is 12.8. The van der Waals surface area contributed by atoms with Gasteiger partial charge in [0.15, 0.2) is 6.29 Å². The zero-order chi connectivity index (χ0) is 22.9. The van der Waals surface area contributed by atoms with Crippen molar-refractivity contribution in [1.29, 1.82) is 0 Å². The van der Waals surface area contributed by atoms with Gasteiger partial charge >= 0.3 is 0 Å². The van der Waals surface area contributed by atoms with Gasteiger partial charge in [0, 0.05) is 61.3 Å². The number of thiazole rings is 1. The lowest BCUT2D eigenvalue weighted by Crippen LogP contribution is -2.35. The van der Waals surface area contributed by atoms with Crippen molar-refractivity contribution in [2.75, 3.05) is 44.5 Å². The maximum Gasteiger partial charge on any atom is 0.254 e. The van der Waals surface area contributed by atoms with Crippen LogP contribution in [0.25, 0.3) is 10.9 Å². The lowest BCUT2D eigenvalue weighted by Gasteiger charge is -2.28. The Morgan fingerprint density at radius 2 is 2.03 bits per heavy atom. The normalized spacial score (nSPS) is 11.3. The average Bonchev–Trinajstić information content (AvgIpc) is 3.31. The Hall–Kier alpha value is -2.20.